The molecule has 0 aliphatic heterocycles. The summed E-state index contributed by atoms with van der Waals surface area (Å²) >= 11 is 0. The molecule has 0 atom stereocenters. The number of carbonyl (C=O) groups is 2. The van der Waals surface area contributed by atoms with E-state index < -0.39 is 0 Å². The number of para-hydroxylation sites is 2. The second-order valence-electron chi connectivity index (χ2n) is 7.86. The average molecular weight is 409 g/mol. The van der Waals surface area contributed by atoms with E-state index in [4.69, 9.17) is 4.74 Å². The van der Waals surface area contributed by atoms with Crippen molar-refractivity contribution in [2.45, 2.75) is 64.3 Å². The molecule has 0 heterocycles. The maximum absolute atomic E-state index is 13.0. The predicted octanol–water partition coefficient (Wildman–Crippen LogP) is 5.57. The summed E-state index contributed by atoms with van der Waals surface area (Å²) in [6, 6.07) is 14.6. The maximum Gasteiger partial charge on any atom is 0.259 e. The van der Waals surface area contributed by atoms with Gasteiger partial charge in [0.2, 0.25) is 0 Å². The van der Waals surface area contributed by atoms with Crippen LogP contribution in [0.25, 0.3) is 0 Å². The van der Waals surface area contributed by atoms with Crippen molar-refractivity contribution in [3.8, 4) is 5.75 Å². The van der Waals surface area contributed by atoms with Gasteiger partial charge in [-0.2, -0.15) is 0 Å². The molecule has 0 bridgehead atoms. The molecule has 5 heteroatoms. The largest absolute Gasteiger partial charge is 0.493 e. The smallest absolute Gasteiger partial charge is 0.259 e. The third-order valence-corrected chi connectivity index (χ3v) is 5.50. The number of hydrogen-bond donors (Lipinski definition) is 2. The molecule has 1 aliphatic rings. The lowest BCUT2D eigenvalue weighted by atomic mass is 9.95. The van der Waals surface area contributed by atoms with E-state index in [9.17, 15) is 9.59 Å². The van der Waals surface area contributed by atoms with Crippen LogP contribution in [0.4, 0.5) is 5.69 Å². The van der Waals surface area contributed by atoms with Gasteiger partial charge >= 0.3 is 0 Å². The van der Waals surface area contributed by atoms with E-state index in [0.29, 0.717) is 29.2 Å². The minimum atomic E-state index is -0.279. The van der Waals surface area contributed by atoms with Crippen LogP contribution in [0.5, 0.6) is 5.75 Å². The molecule has 0 saturated heterocycles. The minimum absolute atomic E-state index is 0.137. The highest BCUT2D eigenvalue weighted by molar-refractivity contribution is 6.10. The molecule has 0 aromatic heterocycles. The fraction of sp³-hybridized carbons (Fsp3) is 0.440. The zero-order valence-electron chi connectivity index (χ0n) is 17.8. The summed E-state index contributed by atoms with van der Waals surface area (Å²) in [7, 11) is 0. The first-order chi connectivity index (χ1) is 14.7. The number of nitrogens with one attached hydrogen (secondary N) is 2. The highest BCUT2D eigenvalue weighted by atomic mass is 16.5. The second-order valence-corrected chi connectivity index (χ2v) is 7.86. The topological polar surface area (TPSA) is 67.4 Å². The molecule has 0 radical (unpaired) electrons. The SMILES string of the molecule is CCCCCOc1ccccc1C(=O)Nc1ccccc1C(=O)NC1CCCCC1. The first kappa shape index (κ1) is 21.9. The van der Waals surface area contributed by atoms with Gasteiger partial charge in [-0.05, 0) is 43.5 Å². The van der Waals surface area contributed by atoms with Gasteiger partial charge in [-0.25, -0.2) is 0 Å². The van der Waals surface area contributed by atoms with Crippen LogP contribution in [0.1, 0.15) is 79.0 Å². The molecule has 2 aromatic carbocycles. The number of hydrogen-bond acceptors (Lipinski definition) is 3. The molecule has 0 spiro atoms. The number of anilines is 1. The molecule has 1 fully saturated rings. The second kappa shape index (κ2) is 11.4. The zero-order chi connectivity index (χ0) is 21.2. The van der Waals surface area contributed by atoms with Crippen LogP contribution in [-0.2, 0) is 0 Å². The summed E-state index contributed by atoms with van der Waals surface area (Å²) in [5.74, 6) is 0.149. The van der Waals surface area contributed by atoms with Crippen LogP contribution in [0, 0.1) is 0 Å². The minimum Gasteiger partial charge on any atom is -0.493 e. The molecule has 2 amide bonds. The van der Waals surface area contributed by atoms with Gasteiger partial charge in [0.05, 0.1) is 23.4 Å². The van der Waals surface area contributed by atoms with Crippen molar-refractivity contribution in [1.82, 2.24) is 5.32 Å². The fourth-order valence-corrected chi connectivity index (χ4v) is 3.80. The number of carbonyl (C=O) groups excluding carboxylic acids is 2. The third-order valence-electron chi connectivity index (χ3n) is 5.50. The van der Waals surface area contributed by atoms with Crippen LogP contribution in [0.3, 0.4) is 0 Å². The Hall–Kier alpha value is -2.82. The Bertz CT molecular complexity index is 844. The molecule has 0 unspecified atom stereocenters. The maximum atomic E-state index is 13.0. The van der Waals surface area contributed by atoms with Crippen LogP contribution < -0.4 is 15.4 Å². The summed E-state index contributed by atoms with van der Waals surface area (Å²) in [4.78, 5) is 25.8. The van der Waals surface area contributed by atoms with Gasteiger partial charge < -0.3 is 15.4 Å². The van der Waals surface area contributed by atoms with E-state index in [-0.39, 0.29) is 17.9 Å². The van der Waals surface area contributed by atoms with Crippen molar-refractivity contribution >= 4 is 17.5 Å². The van der Waals surface area contributed by atoms with Gasteiger partial charge in [0.25, 0.3) is 11.8 Å². The first-order valence-corrected chi connectivity index (χ1v) is 11.1. The normalized spacial score (nSPS) is 14.2. The Balaban J connectivity index is 1.69. The quantitative estimate of drug-likeness (QED) is 0.533. The molecule has 30 heavy (non-hydrogen) atoms. The highest BCUT2D eigenvalue weighted by Crippen LogP contribution is 2.23. The Labute approximate surface area is 179 Å². The van der Waals surface area contributed by atoms with E-state index in [1.165, 1.54) is 6.42 Å². The zero-order valence-corrected chi connectivity index (χ0v) is 17.8. The monoisotopic (exact) mass is 408 g/mol. The van der Waals surface area contributed by atoms with Gasteiger partial charge in [-0.1, -0.05) is 63.3 Å². The van der Waals surface area contributed by atoms with Gasteiger partial charge in [0, 0.05) is 6.04 Å². The van der Waals surface area contributed by atoms with Crippen molar-refractivity contribution in [3.05, 3.63) is 59.7 Å². The van der Waals surface area contributed by atoms with Crippen LogP contribution in [0.15, 0.2) is 48.5 Å². The van der Waals surface area contributed by atoms with E-state index in [1.54, 1.807) is 18.2 Å². The lowest BCUT2D eigenvalue weighted by Gasteiger charge is -2.23. The van der Waals surface area contributed by atoms with Gasteiger partial charge in [0.15, 0.2) is 0 Å². The molecule has 2 aromatic rings. The number of benzene rings is 2. The standard InChI is InChI=1S/C25H32N2O3/c1-2-3-11-18-30-23-17-10-8-15-21(23)25(29)27-22-16-9-7-14-20(22)24(28)26-19-12-5-4-6-13-19/h7-10,14-17,19H,2-6,11-13,18H2,1H3,(H,26,28)(H,27,29). The van der Waals surface area contributed by atoms with Crippen molar-refractivity contribution < 1.29 is 14.3 Å². The van der Waals surface area contributed by atoms with Gasteiger partial charge in [-0.15, -0.1) is 0 Å². The van der Waals surface area contributed by atoms with Crippen molar-refractivity contribution in [2.24, 2.45) is 0 Å². The summed E-state index contributed by atoms with van der Waals surface area (Å²) in [5.41, 5.74) is 1.46. The Morgan fingerprint density at radius 3 is 2.37 bits per heavy atom. The van der Waals surface area contributed by atoms with Crippen molar-refractivity contribution in [3.63, 3.8) is 0 Å². The fourth-order valence-electron chi connectivity index (χ4n) is 3.80. The molecule has 1 aliphatic carbocycles. The van der Waals surface area contributed by atoms with E-state index >= 15 is 0 Å². The molecule has 3 rings (SSSR count). The highest BCUT2D eigenvalue weighted by Gasteiger charge is 2.20. The Morgan fingerprint density at radius 1 is 0.900 bits per heavy atom. The molecular weight excluding hydrogens is 376 g/mol. The first-order valence-electron chi connectivity index (χ1n) is 11.1. The van der Waals surface area contributed by atoms with E-state index in [1.807, 2.05) is 30.3 Å². The molecular formula is C25H32N2O3. The molecule has 2 N–H and O–H groups in total. The molecule has 5 nitrogen and oxygen atoms in total. The van der Waals surface area contributed by atoms with Crippen LogP contribution in [0.2, 0.25) is 0 Å². The lowest BCUT2D eigenvalue weighted by molar-refractivity contribution is 0.0928. The van der Waals surface area contributed by atoms with Crippen molar-refractivity contribution in [2.75, 3.05) is 11.9 Å². The van der Waals surface area contributed by atoms with Gasteiger partial charge in [-0.3, -0.25) is 9.59 Å². The van der Waals surface area contributed by atoms with E-state index in [0.717, 1.165) is 44.9 Å². The Kier molecular flexibility index (Phi) is 8.30. The third kappa shape index (κ3) is 6.09. The molecule has 1 saturated carbocycles. The molecule has 160 valence electrons. The average Bonchev–Trinajstić information content (AvgIpc) is 2.78. The number of amides is 2. The number of rotatable bonds is 9. The summed E-state index contributed by atoms with van der Waals surface area (Å²) in [5, 5.41) is 6.03. The summed E-state index contributed by atoms with van der Waals surface area (Å²) in [6.45, 7) is 2.72. The van der Waals surface area contributed by atoms with Gasteiger partial charge in [0.1, 0.15) is 5.75 Å². The summed E-state index contributed by atoms with van der Waals surface area (Å²) in [6.07, 6.45) is 8.74. The van der Waals surface area contributed by atoms with Crippen LogP contribution >= 0.6 is 0 Å². The number of unbranched alkanes of at least 4 members (excludes halogenated alkanes) is 2. The van der Waals surface area contributed by atoms with E-state index in [2.05, 4.69) is 17.6 Å². The Morgan fingerprint density at radius 2 is 1.60 bits per heavy atom. The summed E-state index contributed by atoms with van der Waals surface area (Å²) < 4.78 is 5.84. The van der Waals surface area contributed by atoms with Crippen molar-refractivity contribution in [1.29, 1.82) is 0 Å². The van der Waals surface area contributed by atoms with Crippen LogP contribution in [-0.4, -0.2) is 24.5 Å². The lowest BCUT2D eigenvalue weighted by Crippen LogP contribution is -2.36. The predicted molar refractivity (Wildman–Crippen MR) is 120 cm³/mol. The number of ether oxygens (including phenoxy) is 1.